The summed E-state index contributed by atoms with van der Waals surface area (Å²) in [5.74, 6) is 0.953. The lowest BCUT2D eigenvalue weighted by Gasteiger charge is -2.35. The van der Waals surface area contributed by atoms with Crippen molar-refractivity contribution >= 4 is 15.9 Å². The third kappa shape index (κ3) is 4.97. The summed E-state index contributed by atoms with van der Waals surface area (Å²) in [5.41, 5.74) is 0. The number of piperidine rings is 1. The van der Waals surface area contributed by atoms with Gasteiger partial charge in [-0.1, -0.05) is 28.4 Å². The van der Waals surface area contributed by atoms with Crippen molar-refractivity contribution in [3.05, 3.63) is 28.7 Å². The molecule has 116 valence electrons. The van der Waals surface area contributed by atoms with Crippen molar-refractivity contribution in [3.63, 3.8) is 0 Å². The number of nitrogens with one attached hydrogen (secondary N) is 1. The van der Waals surface area contributed by atoms with Gasteiger partial charge in [-0.2, -0.15) is 0 Å². The van der Waals surface area contributed by atoms with Gasteiger partial charge in [-0.25, -0.2) is 0 Å². The van der Waals surface area contributed by atoms with E-state index in [1.54, 1.807) is 0 Å². The van der Waals surface area contributed by atoms with Crippen LogP contribution in [0.4, 0.5) is 0 Å². The van der Waals surface area contributed by atoms with Crippen LogP contribution in [0.3, 0.4) is 0 Å². The number of hydrogen-bond donors (Lipinski definition) is 1. The van der Waals surface area contributed by atoms with Crippen molar-refractivity contribution in [1.29, 1.82) is 0 Å². The lowest BCUT2D eigenvalue weighted by Crippen LogP contribution is -2.47. The highest BCUT2D eigenvalue weighted by molar-refractivity contribution is 9.10. The van der Waals surface area contributed by atoms with Crippen LogP contribution in [0.2, 0.25) is 0 Å². The molecule has 0 amide bonds. The van der Waals surface area contributed by atoms with E-state index in [1.165, 1.54) is 38.6 Å². The van der Waals surface area contributed by atoms with E-state index in [2.05, 4.69) is 26.1 Å². The molecule has 1 aliphatic heterocycles. The standard InChI is InChI=1S/C17H25BrN2O/c18-14-4-3-6-17(12-14)21-11-10-20-9-2-1-5-16(20)13-19-15-7-8-15/h3-4,6,12,15-16,19H,1-2,5,7-11,13H2. The smallest absolute Gasteiger partial charge is 0.120 e. The van der Waals surface area contributed by atoms with Crippen LogP contribution in [0, 0.1) is 0 Å². The van der Waals surface area contributed by atoms with Crippen molar-refractivity contribution in [3.8, 4) is 5.75 Å². The molecule has 1 aromatic carbocycles. The maximum absolute atomic E-state index is 5.88. The fourth-order valence-corrected chi connectivity index (χ4v) is 3.39. The molecule has 1 aromatic rings. The fourth-order valence-electron chi connectivity index (χ4n) is 3.01. The minimum atomic E-state index is 0.699. The molecular formula is C17H25BrN2O. The van der Waals surface area contributed by atoms with Crippen molar-refractivity contribution in [1.82, 2.24) is 10.2 Å². The summed E-state index contributed by atoms with van der Waals surface area (Å²) in [4.78, 5) is 2.61. The van der Waals surface area contributed by atoms with Gasteiger partial charge >= 0.3 is 0 Å². The first-order chi connectivity index (χ1) is 10.3. The molecule has 4 heteroatoms. The summed E-state index contributed by atoms with van der Waals surface area (Å²) in [6, 6.07) is 9.60. The number of rotatable bonds is 7. The number of hydrogen-bond acceptors (Lipinski definition) is 3. The zero-order valence-corrected chi connectivity index (χ0v) is 14.1. The second-order valence-corrected chi connectivity index (χ2v) is 7.09. The van der Waals surface area contributed by atoms with Crippen LogP contribution in [0.15, 0.2) is 28.7 Å². The number of likely N-dealkylation sites (tertiary alicyclic amines) is 1. The molecule has 1 saturated carbocycles. The van der Waals surface area contributed by atoms with Gasteiger partial charge < -0.3 is 10.1 Å². The molecule has 1 heterocycles. The Kier molecular flexibility index (Phi) is 5.55. The predicted molar refractivity (Wildman–Crippen MR) is 89.9 cm³/mol. The normalized spacial score (nSPS) is 23.2. The highest BCUT2D eigenvalue weighted by Crippen LogP contribution is 2.22. The molecule has 3 rings (SSSR count). The maximum Gasteiger partial charge on any atom is 0.120 e. The molecule has 1 aliphatic carbocycles. The van der Waals surface area contributed by atoms with E-state index in [1.807, 2.05) is 24.3 Å². The summed E-state index contributed by atoms with van der Waals surface area (Å²) in [6.45, 7) is 4.18. The molecule has 1 atom stereocenters. The number of ether oxygens (including phenoxy) is 1. The van der Waals surface area contributed by atoms with E-state index >= 15 is 0 Å². The topological polar surface area (TPSA) is 24.5 Å². The van der Waals surface area contributed by atoms with E-state index in [9.17, 15) is 0 Å². The van der Waals surface area contributed by atoms with Gasteiger partial charge in [-0.05, 0) is 50.4 Å². The first-order valence-corrected chi connectivity index (χ1v) is 8.96. The van der Waals surface area contributed by atoms with E-state index in [0.717, 1.165) is 36.0 Å². The highest BCUT2D eigenvalue weighted by Gasteiger charge is 2.26. The predicted octanol–water partition coefficient (Wildman–Crippen LogP) is 3.43. The Morgan fingerprint density at radius 1 is 1.24 bits per heavy atom. The van der Waals surface area contributed by atoms with Crippen molar-refractivity contribution in [2.75, 3.05) is 26.2 Å². The monoisotopic (exact) mass is 352 g/mol. The molecule has 1 saturated heterocycles. The minimum absolute atomic E-state index is 0.699. The Bertz CT molecular complexity index is 450. The summed E-state index contributed by atoms with van der Waals surface area (Å²) in [7, 11) is 0. The van der Waals surface area contributed by atoms with Crippen LogP contribution in [0.5, 0.6) is 5.75 Å². The largest absolute Gasteiger partial charge is 0.492 e. The summed E-state index contributed by atoms with van der Waals surface area (Å²) < 4.78 is 6.96. The number of benzene rings is 1. The van der Waals surface area contributed by atoms with Gasteiger partial charge in [0.1, 0.15) is 12.4 Å². The second-order valence-electron chi connectivity index (χ2n) is 6.17. The minimum Gasteiger partial charge on any atom is -0.492 e. The Morgan fingerprint density at radius 2 is 2.14 bits per heavy atom. The second kappa shape index (κ2) is 7.61. The first kappa shape index (κ1) is 15.3. The van der Waals surface area contributed by atoms with E-state index < -0.39 is 0 Å². The van der Waals surface area contributed by atoms with Gasteiger partial charge in [0, 0.05) is 29.6 Å². The van der Waals surface area contributed by atoms with Crippen molar-refractivity contribution in [2.45, 2.75) is 44.2 Å². The molecule has 0 spiro atoms. The van der Waals surface area contributed by atoms with Gasteiger partial charge in [-0.3, -0.25) is 4.90 Å². The van der Waals surface area contributed by atoms with Gasteiger partial charge in [0.25, 0.3) is 0 Å². The van der Waals surface area contributed by atoms with Crippen molar-refractivity contribution < 1.29 is 4.74 Å². The van der Waals surface area contributed by atoms with Crippen LogP contribution in [0.1, 0.15) is 32.1 Å². The van der Waals surface area contributed by atoms with Crippen LogP contribution < -0.4 is 10.1 Å². The Morgan fingerprint density at radius 3 is 2.95 bits per heavy atom. The molecule has 2 fully saturated rings. The number of halogens is 1. The van der Waals surface area contributed by atoms with E-state index in [0.29, 0.717) is 6.04 Å². The van der Waals surface area contributed by atoms with E-state index in [-0.39, 0.29) is 0 Å². The van der Waals surface area contributed by atoms with Crippen LogP contribution in [-0.2, 0) is 0 Å². The summed E-state index contributed by atoms with van der Waals surface area (Å²) >= 11 is 3.48. The molecule has 0 radical (unpaired) electrons. The van der Waals surface area contributed by atoms with Gasteiger partial charge in [-0.15, -0.1) is 0 Å². The molecule has 3 nitrogen and oxygen atoms in total. The summed E-state index contributed by atoms with van der Waals surface area (Å²) in [6.07, 6.45) is 6.78. The fraction of sp³-hybridized carbons (Fsp3) is 0.647. The first-order valence-electron chi connectivity index (χ1n) is 8.17. The lowest BCUT2D eigenvalue weighted by molar-refractivity contribution is 0.121. The number of nitrogens with zero attached hydrogens (tertiary/aromatic N) is 1. The Labute approximate surface area is 136 Å². The van der Waals surface area contributed by atoms with Gasteiger partial charge in [0.05, 0.1) is 0 Å². The average molecular weight is 353 g/mol. The van der Waals surface area contributed by atoms with Gasteiger partial charge in [0.2, 0.25) is 0 Å². The van der Waals surface area contributed by atoms with Crippen LogP contribution in [0.25, 0.3) is 0 Å². The maximum atomic E-state index is 5.88. The quantitative estimate of drug-likeness (QED) is 0.813. The Balaban J connectivity index is 1.43. The highest BCUT2D eigenvalue weighted by atomic mass is 79.9. The zero-order valence-electron chi connectivity index (χ0n) is 12.6. The zero-order chi connectivity index (χ0) is 14.5. The molecule has 1 unspecified atom stereocenters. The van der Waals surface area contributed by atoms with Crippen LogP contribution in [-0.4, -0.2) is 43.2 Å². The summed E-state index contributed by atoms with van der Waals surface area (Å²) in [5, 5.41) is 3.68. The lowest BCUT2D eigenvalue weighted by atomic mass is 10.0. The Hall–Kier alpha value is -0.580. The van der Waals surface area contributed by atoms with Crippen molar-refractivity contribution in [2.24, 2.45) is 0 Å². The molecule has 0 aromatic heterocycles. The molecule has 0 bridgehead atoms. The SMILES string of the molecule is Brc1cccc(OCCN2CCCCC2CNC2CC2)c1. The molecule has 2 aliphatic rings. The third-order valence-electron chi connectivity index (χ3n) is 4.41. The van der Waals surface area contributed by atoms with Crippen LogP contribution >= 0.6 is 15.9 Å². The average Bonchev–Trinajstić information content (AvgIpc) is 3.31. The molecule has 21 heavy (non-hydrogen) atoms. The molecular weight excluding hydrogens is 328 g/mol. The van der Waals surface area contributed by atoms with Gasteiger partial charge in [0.15, 0.2) is 0 Å². The third-order valence-corrected chi connectivity index (χ3v) is 4.91. The molecule has 1 N–H and O–H groups in total. The van der Waals surface area contributed by atoms with E-state index in [4.69, 9.17) is 4.74 Å².